The van der Waals surface area contributed by atoms with Crippen molar-refractivity contribution in [3.63, 3.8) is 0 Å². The Morgan fingerprint density at radius 3 is 2.57 bits per heavy atom. The minimum atomic E-state index is 0.0989. The van der Waals surface area contributed by atoms with Crippen LogP contribution in [0.2, 0.25) is 0 Å². The summed E-state index contributed by atoms with van der Waals surface area (Å²) in [5, 5.41) is 0. The number of nitrogens with zero attached hydrogens (tertiary/aromatic N) is 5. The highest BCUT2D eigenvalue weighted by Gasteiger charge is 2.24. The zero-order chi connectivity index (χ0) is 20.5. The zero-order valence-electron chi connectivity index (χ0n) is 17.1. The number of pyridine rings is 1. The van der Waals surface area contributed by atoms with Crippen LogP contribution < -0.4 is 0 Å². The van der Waals surface area contributed by atoms with Gasteiger partial charge in [-0.1, -0.05) is 36.4 Å². The molecule has 6 heteroatoms. The van der Waals surface area contributed by atoms with Crippen LogP contribution in [0.5, 0.6) is 0 Å². The molecule has 1 amide bonds. The van der Waals surface area contributed by atoms with Gasteiger partial charge >= 0.3 is 0 Å². The third-order valence-electron chi connectivity index (χ3n) is 5.80. The number of carbonyl (C=O) groups excluding carboxylic acids is 1. The summed E-state index contributed by atoms with van der Waals surface area (Å²) in [6.45, 7) is 4.12. The molecule has 0 bridgehead atoms. The lowest BCUT2D eigenvalue weighted by molar-refractivity contribution is 0.0666. The van der Waals surface area contributed by atoms with Crippen LogP contribution in [-0.4, -0.2) is 62.9 Å². The predicted molar refractivity (Wildman–Crippen MR) is 118 cm³/mol. The Balaban J connectivity index is 1.48. The standard InChI is InChI=1S/C24H25N5O/c1-26-11-13-28(14-12-26)24(30)20-15-23(29-10-6-5-9-22(20)29)21-17-27(18-25-21)16-19-7-3-2-4-8-19/h2-10,15,17-18H,11-14,16H2,1H3. The second-order valence-electron chi connectivity index (χ2n) is 7.91. The highest BCUT2D eigenvalue weighted by molar-refractivity contribution is 6.02. The monoisotopic (exact) mass is 399 g/mol. The Morgan fingerprint density at radius 2 is 1.77 bits per heavy atom. The van der Waals surface area contributed by atoms with Gasteiger partial charge in [0.2, 0.25) is 0 Å². The first-order chi connectivity index (χ1) is 14.7. The van der Waals surface area contributed by atoms with Crippen molar-refractivity contribution in [2.75, 3.05) is 33.2 Å². The molecule has 5 rings (SSSR count). The molecule has 0 spiro atoms. The summed E-state index contributed by atoms with van der Waals surface area (Å²) in [4.78, 5) is 22.1. The van der Waals surface area contributed by atoms with Crippen molar-refractivity contribution in [1.29, 1.82) is 0 Å². The lowest BCUT2D eigenvalue weighted by atomic mass is 10.2. The lowest BCUT2D eigenvalue weighted by Crippen LogP contribution is -2.47. The zero-order valence-corrected chi connectivity index (χ0v) is 17.1. The van der Waals surface area contributed by atoms with Crippen molar-refractivity contribution in [2.24, 2.45) is 0 Å². The number of hydrogen-bond acceptors (Lipinski definition) is 3. The summed E-state index contributed by atoms with van der Waals surface area (Å²) in [7, 11) is 2.10. The van der Waals surface area contributed by atoms with Gasteiger partial charge in [0.1, 0.15) is 5.69 Å². The van der Waals surface area contributed by atoms with Crippen molar-refractivity contribution in [2.45, 2.75) is 6.54 Å². The minimum absolute atomic E-state index is 0.0989. The average Bonchev–Trinajstić information content (AvgIpc) is 3.39. The van der Waals surface area contributed by atoms with Gasteiger partial charge < -0.3 is 18.8 Å². The molecule has 4 heterocycles. The van der Waals surface area contributed by atoms with Crippen LogP contribution in [0.1, 0.15) is 15.9 Å². The second kappa shape index (κ2) is 7.80. The summed E-state index contributed by atoms with van der Waals surface area (Å²) < 4.78 is 4.15. The molecule has 0 atom stereocenters. The molecule has 1 aliphatic rings. The number of fused-ring (bicyclic) bond motifs is 1. The van der Waals surface area contributed by atoms with Gasteiger partial charge in [0.05, 0.1) is 23.1 Å². The smallest absolute Gasteiger partial charge is 0.256 e. The molecular formula is C24H25N5O. The molecule has 30 heavy (non-hydrogen) atoms. The fourth-order valence-corrected chi connectivity index (χ4v) is 4.07. The van der Waals surface area contributed by atoms with Crippen LogP contribution in [-0.2, 0) is 6.54 Å². The topological polar surface area (TPSA) is 45.8 Å². The Labute approximate surface area is 176 Å². The van der Waals surface area contributed by atoms with E-state index < -0.39 is 0 Å². The summed E-state index contributed by atoms with van der Waals surface area (Å²) in [5.41, 5.74) is 4.70. The van der Waals surface area contributed by atoms with E-state index in [1.165, 1.54) is 5.56 Å². The van der Waals surface area contributed by atoms with E-state index >= 15 is 0 Å². The fourth-order valence-electron chi connectivity index (χ4n) is 4.07. The van der Waals surface area contributed by atoms with Crippen molar-refractivity contribution in [1.82, 2.24) is 23.8 Å². The third kappa shape index (κ3) is 3.50. The molecule has 1 fully saturated rings. The van der Waals surface area contributed by atoms with Gasteiger partial charge in [0.25, 0.3) is 5.91 Å². The van der Waals surface area contributed by atoms with E-state index in [1.807, 2.05) is 66.1 Å². The first kappa shape index (κ1) is 18.6. The molecule has 3 aromatic heterocycles. The summed E-state index contributed by atoms with van der Waals surface area (Å²) >= 11 is 0. The molecule has 152 valence electrons. The van der Waals surface area contributed by atoms with Gasteiger partial charge in [-0.25, -0.2) is 4.98 Å². The van der Waals surface area contributed by atoms with Gasteiger partial charge in [-0.3, -0.25) is 4.79 Å². The summed E-state index contributed by atoms with van der Waals surface area (Å²) in [6, 6.07) is 18.3. The van der Waals surface area contributed by atoms with Gasteiger partial charge in [0.15, 0.2) is 0 Å². The van der Waals surface area contributed by atoms with Crippen molar-refractivity contribution < 1.29 is 4.79 Å². The lowest BCUT2D eigenvalue weighted by Gasteiger charge is -2.32. The normalized spacial score (nSPS) is 15.0. The van der Waals surface area contributed by atoms with E-state index in [4.69, 9.17) is 0 Å². The van der Waals surface area contributed by atoms with Gasteiger partial charge in [0, 0.05) is 45.1 Å². The SMILES string of the molecule is CN1CCN(C(=O)c2cc(-c3cn(Cc4ccccc4)cn3)n3ccccc23)CC1. The van der Waals surface area contributed by atoms with Crippen LogP contribution in [0.25, 0.3) is 16.9 Å². The van der Waals surface area contributed by atoms with E-state index in [9.17, 15) is 4.79 Å². The maximum atomic E-state index is 13.3. The van der Waals surface area contributed by atoms with Gasteiger partial charge in [-0.2, -0.15) is 0 Å². The molecule has 0 aliphatic carbocycles. The molecule has 1 aliphatic heterocycles. The van der Waals surface area contributed by atoms with Crippen molar-refractivity contribution >= 4 is 11.4 Å². The second-order valence-corrected chi connectivity index (χ2v) is 7.91. The number of benzene rings is 1. The largest absolute Gasteiger partial charge is 0.336 e. The maximum absolute atomic E-state index is 13.3. The Bertz CT molecular complexity index is 1170. The first-order valence-corrected chi connectivity index (χ1v) is 10.3. The molecular weight excluding hydrogens is 374 g/mol. The van der Waals surface area contributed by atoms with Crippen LogP contribution in [0.15, 0.2) is 73.3 Å². The number of carbonyl (C=O) groups is 1. The first-order valence-electron chi connectivity index (χ1n) is 10.3. The van der Waals surface area contributed by atoms with Gasteiger partial charge in [-0.15, -0.1) is 0 Å². The van der Waals surface area contributed by atoms with Crippen LogP contribution in [0.3, 0.4) is 0 Å². The van der Waals surface area contributed by atoms with Crippen LogP contribution in [0.4, 0.5) is 0 Å². The number of rotatable bonds is 4. The number of imidazole rings is 1. The molecule has 0 N–H and O–H groups in total. The molecule has 0 saturated carbocycles. The number of aromatic nitrogens is 3. The molecule has 0 unspecified atom stereocenters. The number of likely N-dealkylation sites (N-methyl/N-ethyl adjacent to an activating group) is 1. The molecule has 0 radical (unpaired) electrons. The van der Waals surface area contributed by atoms with E-state index in [0.717, 1.165) is 55.2 Å². The maximum Gasteiger partial charge on any atom is 0.256 e. The van der Waals surface area contributed by atoms with Crippen molar-refractivity contribution in [3.8, 4) is 11.4 Å². The average molecular weight is 399 g/mol. The van der Waals surface area contributed by atoms with Crippen molar-refractivity contribution in [3.05, 3.63) is 84.4 Å². The number of amides is 1. The highest BCUT2D eigenvalue weighted by Crippen LogP contribution is 2.26. The summed E-state index contributed by atoms with van der Waals surface area (Å²) in [5.74, 6) is 0.0989. The van der Waals surface area contributed by atoms with E-state index in [0.29, 0.717) is 0 Å². The predicted octanol–water partition coefficient (Wildman–Crippen LogP) is 3.24. The Kier molecular flexibility index (Phi) is 4.85. The van der Waals surface area contributed by atoms with E-state index in [1.54, 1.807) is 0 Å². The summed E-state index contributed by atoms with van der Waals surface area (Å²) in [6.07, 6.45) is 5.90. The molecule has 4 aromatic rings. The van der Waals surface area contributed by atoms with Crippen LogP contribution >= 0.6 is 0 Å². The van der Waals surface area contributed by atoms with Gasteiger partial charge in [-0.05, 0) is 30.8 Å². The number of hydrogen-bond donors (Lipinski definition) is 0. The molecule has 1 saturated heterocycles. The minimum Gasteiger partial charge on any atom is -0.336 e. The Morgan fingerprint density at radius 1 is 1.00 bits per heavy atom. The Hall–Kier alpha value is -3.38. The van der Waals surface area contributed by atoms with Crippen LogP contribution in [0, 0.1) is 0 Å². The highest BCUT2D eigenvalue weighted by atomic mass is 16.2. The number of piperazine rings is 1. The third-order valence-corrected chi connectivity index (χ3v) is 5.80. The quantitative estimate of drug-likeness (QED) is 0.529. The van der Waals surface area contributed by atoms with E-state index in [-0.39, 0.29) is 5.91 Å². The molecule has 1 aromatic carbocycles. The molecule has 6 nitrogen and oxygen atoms in total. The fraction of sp³-hybridized carbons (Fsp3) is 0.250. The van der Waals surface area contributed by atoms with E-state index in [2.05, 4.69) is 38.0 Å².